The van der Waals surface area contributed by atoms with Crippen LogP contribution < -0.4 is 10.2 Å². The fourth-order valence-corrected chi connectivity index (χ4v) is 1.43. The van der Waals surface area contributed by atoms with E-state index in [2.05, 4.69) is 5.43 Å². The molecule has 0 bridgehead atoms. The lowest BCUT2D eigenvalue weighted by atomic mass is 10.1. The zero-order valence-corrected chi connectivity index (χ0v) is 10.3. The lowest BCUT2D eigenvalue weighted by Gasteiger charge is -2.11. The van der Waals surface area contributed by atoms with E-state index in [1.165, 1.54) is 13.2 Å². The van der Waals surface area contributed by atoms with Gasteiger partial charge in [0.25, 0.3) is 0 Å². The van der Waals surface area contributed by atoms with Crippen molar-refractivity contribution in [1.82, 2.24) is 10.4 Å². The molecule has 0 aliphatic carbocycles. The van der Waals surface area contributed by atoms with Gasteiger partial charge in [-0.15, -0.1) is 0 Å². The fourth-order valence-electron chi connectivity index (χ4n) is 1.43. The Morgan fingerprint density at radius 2 is 2.18 bits per heavy atom. The monoisotopic (exact) mass is 240 g/mol. The molecule has 0 fully saturated rings. The molecule has 0 heterocycles. The molecule has 5 heteroatoms. The van der Waals surface area contributed by atoms with Crippen LogP contribution in [-0.4, -0.2) is 32.1 Å². The van der Waals surface area contributed by atoms with Gasteiger partial charge in [0.2, 0.25) is 5.91 Å². The molecule has 0 unspecified atom stereocenters. The van der Waals surface area contributed by atoms with Crippen LogP contribution >= 0.6 is 0 Å². The predicted molar refractivity (Wildman–Crippen MR) is 63.1 cm³/mol. The van der Waals surface area contributed by atoms with Gasteiger partial charge in [-0.1, -0.05) is 6.07 Å². The van der Waals surface area contributed by atoms with Crippen molar-refractivity contribution < 1.29 is 13.9 Å². The van der Waals surface area contributed by atoms with Crippen LogP contribution in [0.3, 0.4) is 0 Å². The minimum absolute atomic E-state index is 0.0915. The van der Waals surface area contributed by atoms with Crippen LogP contribution in [0, 0.1) is 5.82 Å². The molecule has 17 heavy (non-hydrogen) atoms. The Hall–Kier alpha value is -1.62. The van der Waals surface area contributed by atoms with E-state index in [9.17, 15) is 9.18 Å². The van der Waals surface area contributed by atoms with Crippen molar-refractivity contribution in [2.45, 2.75) is 12.8 Å². The Bertz CT molecular complexity index is 394. The summed E-state index contributed by atoms with van der Waals surface area (Å²) in [5.41, 5.74) is 3.40. The zero-order valence-electron chi connectivity index (χ0n) is 10.3. The Balaban J connectivity index is 2.52. The van der Waals surface area contributed by atoms with Crippen molar-refractivity contribution in [2.24, 2.45) is 0 Å². The molecule has 0 atom stereocenters. The highest BCUT2D eigenvalue weighted by Crippen LogP contribution is 2.18. The second-order valence-electron chi connectivity index (χ2n) is 3.90. The number of benzene rings is 1. The van der Waals surface area contributed by atoms with E-state index >= 15 is 0 Å². The summed E-state index contributed by atoms with van der Waals surface area (Å²) in [5, 5.41) is 1.58. The van der Waals surface area contributed by atoms with Gasteiger partial charge in [-0.25, -0.2) is 9.40 Å². The van der Waals surface area contributed by atoms with Crippen molar-refractivity contribution in [2.75, 3.05) is 21.2 Å². The number of ether oxygens (including phenoxy) is 1. The van der Waals surface area contributed by atoms with Crippen LogP contribution in [0.25, 0.3) is 0 Å². The smallest absolute Gasteiger partial charge is 0.234 e. The summed E-state index contributed by atoms with van der Waals surface area (Å²) in [6.45, 7) is 0. The molecular weight excluding hydrogens is 223 g/mol. The van der Waals surface area contributed by atoms with Crippen molar-refractivity contribution in [3.63, 3.8) is 0 Å². The zero-order chi connectivity index (χ0) is 12.8. The normalized spacial score (nSPS) is 10.4. The minimum Gasteiger partial charge on any atom is -0.494 e. The molecule has 0 saturated carbocycles. The molecule has 1 amide bonds. The highest BCUT2D eigenvalue weighted by molar-refractivity contribution is 5.75. The molecular formula is C12H17FN2O2. The van der Waals surface area contributed by atoms with Gasteiger partial charge in [0.1, 0.15) is 0 Å². The van der Waals surface area contributed by atoms with Gasteiger partial charge in [0.05, 0.1) is 7.11 Å². The average Bonchev–Trinajstić information content (AvgIpc) is 2.25. The first-order chi connectivity index (χ1) is 8.02. The Morgan fingerprint density at radius 3 is 2.71 bits per heavy atom. The molecule has 4 nitrogen and oxygen atoms in total. The topological polar surface area (TPSA) is 41.6 Å². The van der Waals surface area contributed by atoms with Gasteiger partial charge >= 0.3 is 0 Å². The van der Waals surface area contributed by atoms with Crippen molar-refractivity contribution in [1.29, 1.82) is 0 Å². The van der Waals surface area contributed by atoms with E-state index in [1.54, 1.807) is 31.2 Å². The minimum atomic E-state index is -0.405. The molecule has 0 spiro atoms. The maximum Gasteiger partial charge on any atom is 0.234 e. The third-order valence-corrected chi connectivity index (χ3v) is 2.21. The number of hydrogen-bond acceptors (Lipinski definition) is 3. The summed E-state index contributed by atoms with van der Waals surface area (Å²) in [7, 11) is 4.90. The second-order valence-corrected chi connectivity index (χ2v) is 3.90. The van der Waals surface area contributed by atoms with Crippen LogP contribution in [0.1, 0.15) is 12.0 Å². The van der Waals surface area contributed by atoms with Gasteiger partial charge in [-0.2, -0.15) is 0 Å². The molecule has 0 radical (unpaired) electrons. The van der Waals surface area contributed by atoms with Crippen molar-refractivity contribution in [3.05, 3.63) is 29.6 Å². The predicted octanol–water partition coefficient (Wildman–Crippen LogP) is 1.36. The van der Waals surface area contributed by atoms with Crippen molar-refractivity contribution in [3.8, 4) is 5.75 Å². The number of carbonyl (C=O) groups is 1. The summed E-state index contributed by atoms with van der Waals surface area (Å²) in [5.74, 6) is -0.282. The van der Waals surface area contributed by atoms with E-state index in [1.807, 2.05) is 0 Å². The Labute approximate surface area is 100 Å². The van der Waals surface area contributed by atoms with Gasteiger partial charge < -0.3 is 4.74 Å². The summed E-state index contributed by atoms with van der Waals surface area (Å²) in [6, 6.07) is 4.71. The van der Waals surface area contributed by atoms with Crippen molar-refractivity contribution >= 4 is 5.91 Å². The van der Waals surface area contributed by atoms with Gasteiger partial charge in [0.15, 0.2) is 11.6 Å². The number of aryl methyl sites for hydroxylation is 1. The standard InChI is InChI=1S/C12H17FN2O2/c1-15(2)14-12(16)7-5-9-4-6-11(17-3)10(13)8-9/h4,6,8H,5,7H2,1-3H3,(H,14,16). The molecule has 0 saturated heterocycles. The van der Waals surface area contributed by atoms with Gasteiger partial charge in [-0.05, 0) is 24.1 Å². The number of hydrogen-bond donors (Lipinski definition) is 1. The summed E-state index contributed by atoms with van der Waals surface area (Å²) in [4.78, 5) is 11.4. The first-order valence-electron chi connectivity index (χ1n) is 5.32. The van der Waals surface area contributed by atoms with E-state index in [-0.39, 0.29) is 11.7 Å². The van der Waals surface area contributed by atoms with E-state index in [0.29, 0.717) is 12.8 Å². The number of nitrogens with one attached hydrogen (secondary N) is 1. The van der Waals surface area contributed by atoms with Gasteiger partial charge in [-0.3, -0.25) is 10.2 Å². The molecule has 0 aromatic heterocycles. The quantitative estimate of drug-likeness (QED) is 0.790. The lowest BCUT2D eigenvalue weighted by molar-refractivity contribution is -0.124. The van der Waals surface area contributed by atoms with Gasteiger partial charge in [0, 0.05) is 20.5 Å². The van der Waals surface area contributed by atoms with Crippen LogP contribution in [0.5, 0.6) is 5.75 Å². The number of hydrazine groups is 1. The third-order valence-electron chi connectivity index (χ3n) is 2.21. The van der Waals surface area contributed by atoms with E-state index in [4.69, 9.17) is 4.74 Å². The highest BCUT2D eigenvalue weighted by atomic mass is 19.1. The number of amides is 1. The maximum atomic E-state index is 13.4. The molecule has 1 aromatic carbocycles. The number of rotatable bonds is 5. The Kier molecular flexibility index (Phi) is 4.90. The lowest BCUT2D eigenvalue weighted by Crippen LogP contribution is -2.36. The molecule has 94 valence electrons. The fraction of sp³-hybridized carbons (Fsp3) is 0.417. The first-order valence-corrected chi connectivity index (χ1v) is 5.32. The van der Waals surface area contributed by atoms with Crippen LogP contribution in [0.2, 0.25) is 0 Å². The number of nitrogens with zero attached hydrogens (tertiary/aromatic N) is 1. The van der Waals surface area contributed by atoms with Crippen LogP contribution in [-0.2, 0) is 11.2 Å². The SMILES string of the molecule is COc1ccc(CCC(=O)NN(C)C)cc1F. The molecule has 0 aliphatic rings. The largest absolute Gasteiger partial charge is 0.494 e. The average molecular weight is 240 g/mol. The molecule has 0 aliphatic heterocycles. The number of halogens is 1. The highest BCUT2D eigenvalue weighted by Gasteiger charge is 2.06. The Morgan fingerprint density at radius 1 is 1.47 bits per heavy atom. The second kappa shape index (κ2) is 6.20. The third kappa shape index (κ3) is 4.40. The summed E-state index contributed by atoms with van der Waals surface area (Å²) >= 11 is 0. The first kappa shape index (κ1) is 13.4. The number of methoxy groups -OCH3 is 1. The summed E-state index contributed by atoms with van der Waals surface area (Å²) in [6.07, 6.45) is 0.824. The summed E-state index contributed by atoms with van der Waals surface area (Å²) < 4.78 is 18.2. The van der Waals surface area contributed by atoms with E-state index in [0.717, 1.165) is 5.56 Å². The maximum absolute atomic E-state index is 13.4. The molecule has 1 rings (SSSR count). The number of carbonyl (C=O) groups excluding carboxylic acids is 1. The van der Waals surface area contributed by atoms with E-state index < -0.39 is 5.82 Å². The van der Waals surface area contributed by atoms with Crippen LogP contribution in [0.4, 0.5) is 4.39 Å². The molecule has 1 N–H and O–H groups in total. The van der Waals surface area contributed by atoms with Crippen LogP contribution in [0.15, 0.2) is 18.2 Å². The molecule has 1 aromatic rings.